The van der Waals surface area contributed by atoms with Gasteiger partial charge in [0.05, 0.1) is 23.5 Å². The van der Waals surface area contributed by atoms with Crippen LogP contribution in [0.4, 0.5) is 5.69 Å². The van der Waals surface area contributed by atoms with Gasteiger partial charge in [0.25, 0.3) is 5.91 Å². The number of carbonyl (C=O) groups excluding carboxylic acids is 2. The topological polar surface area (TPSA) is 91.6 Å². The molecule has 0 saturated carbocycles. The number of nitrogens with zero attached hydrogens (tertiary/aromatic N) is 1. The van der Waals surface area contributed by atoms with Gasteiger partial charge >= 0.3 is 0 Å². The normalized spacial score (nSPS) is 12.8. The number of amides is 1. The Morgan fingerprint density at radius 1 is 0.829 bits per heavy atom. The summed E-state index contributed by atoms with van der Waals surface area (Å²) in [6.07, 6.45) is -1.20. The third-order valence-corrected chi connectivity index (χ3v) is 7.25. The van der Waals surface area contributed by atoms with Gasteiger partial charge in [0.2, 0.25) is 0 Å². The van der Waals surface area contributed by atoms with Crippen LogP contribution in [0.25, 0.3) is 22.4 Å². The van der Waals surface area contributed by atoms with Crippen LogP contribution < -0.4 is 5.32 Å². The van der Waals surface area contributed by atoms with Crippen molar-refractivity contribution in [3.63, 3.8) is 0 Å². The lowest BCUT2D eigenvalue weighted by atomic mass is 9.94. The predicted octanol–water partition coefficient (Wildman–Crippen LogP) is 6.99. The number of Topliss-reactive ketones (excluding diaryl/α,β-unsaturated/α-hetero) is 1. The van der Waals surface area contributed by atoms with E-state index >= 15 is 0 Å². The smallest absolute Gasteiger partial charge is 0.258 e. The van der Waals surface area contributed by atoms with E-state index in [9.17, 15) is 19.8 Å². The maximum Gasteiger partial charge on any atom is 0.258 e. The average molecular weight is 553 g/mol. The summed E-state index contributed by atoms with van der Waals surface area (Å²) in [6, 6.07) is 27.7. The SMILES string of the molecule is CC(=O)CC(O)CC(O)CCn1c(-c2ccc(C)cc2)c(-c2ccccc2)c(C(=O)Nc2ccccc2)c1C(C)C. The van der Waals surface area contributed by atoms with Crippen LogP contribution in [-0.2, 0) is 11.3 Å². The Kier molecular flexibility index (Phi) is 9.92. The van der Waals surface area contributed by atoms with E-state index in [4.69, 9.17) is 0 Å². The summed E-state index contributed by atoms with van der Waals surface area (Å²) in [7, 11) is 0. The lowest BCUT2D eigenvalue weighted by Gasteiger charge is -2.20. The minimum atomic E-state index is -0.889. The van der Waals surface area contributed by atoms with Crippen molar-refractivity contribution in [2.45, 2.75) is 71.6 Å². The van der Waals surface area contributed by atoms with Gasteiger partial charge < -0.3 is 20.1 Å². The second-order valence-corrected chi connectivity index (χ2v) is 11.1. The van der Waals surface area contributed by atoms with Crippen LogP contribution in [0.5, 0.6) is 0 Å². The molecule has 1 amide bonds. The van der Waals surface area contributed by atoms with Gasteiger partial charge in [-0.25, -0.2) is 0 Å². The van der Waals surface area contributed by atoms with Gasteiger partial charge in [-0.15, -0.1) is 0 Å². The Labute approximate surface area is 242 Å². The van der Waals surface area contributed by atoms with Gasteiger partial charge in [0, 0.05) is 29.9 Å². The second kappa shape index (κ2) is 13.6. The molecule has 41 heavy (non-hydrogen) atoms. The lowest BCUT2D eigenvalue weighted by Crippen LogP contribution is -2.22. The molecule has 0 aliphatic rings. The highest BCUT2D eigenvalue weighted by molar-refractivity contribution is 6.12. The molecule has 0 fully saturated rings. The number of aliphatic hydroxyl groups is 2. The highest BCUT2D eigenvalue weighted by atomic mass is 16.3. The molecule has 3 aromatic carbocycles. The first-order valence-electron chi connectivity index (χ1n) is 14.3. The minimum absolute atomic E-state index is 0.00590. The van der Waals surface area contributed by atoms with Crippen LogP contribution in [0.3, 0.4) is 0 Å². The summed E-state index contributed by atoms with van der Waals surface area (Å²) in [5.41, 5.74) is 6.99. The van der Waals surface area contributed by atoms with E-state index in [2.05, 4.69) is 48.0 Å². The number of aliphatic hydroxyl groups excluding tert-OH is 2. The minimum Gasteiger partial charge on any atom is -0.393 e. The predicted molar refractivity (Wildman–Crippen MR) is 165 cm³/mol. The number of benzene rings is 3. The zero-order chi connectivity index (χ0) is 29.5. The molecule has 0 spiro atoms. The number of ketones is 1. The first-order chi connectivity index (χ1) is 19.7. The van der Waals surface area contributed by atoms with Crippen molar-refractivity contribution in [1.82, 2.24) is 4.57 Å². The Hall–Kier alpha value is -4.00. The molecule has 1 heterocycles. The molecule has 1 aromatic heterocycles. The summed E-state index contributed by atoms with van der Waals surface area (Å²) in [5, 5.41) is 24.2. The largest absolute Gasteiger partial charge is 0.393 e. The van der Waals surface area contributed by atoms with Crippen LogP contribution in [0.2, 0.25) is 0 Å². The van der Waals surface area contributed by atoms with E-state index in [0.29, 0.717) is 24.2 Å². The fraction of sp³-hybridized carbons (Fsp3) is 0.314. The van der Waals surface area contributed by atoms with E-state index in [1.165, 1.54) is 6.92 Å². The zero-order valence-electron chi connectivity index (χ0n) is 24.3. The summed E-state index contributed by atoms with van der Waals surface area (Å²) in [5.74, 6) is -0.308. The highest BCUT2D eigenvalue weighted by Gasteiger charge is 2.30. The van der Waals surface area contributed by atoms with Gasteiger partial charge in [0.15, 0.2) is 0 Å². The van der Waals surface area contributed by atoms with Gasteiger partial charge in [-0.3, -0.25) is 9.59 Å². The molecule has 4 rings (SSSR count). The van der Waals surface area contributed by atoms with Crippen LogP contribution in [-0.4, -0.2) is 38.7 Å². The summed E-state index contributed by atoms with van der Waals surface area (Å²) in [6.45, 7) is 8.06. The Morgan fingerprint density at radius 2 is 1.44 bits per heavy atom. The van der Waals surface area contributed by atoms with E-state index < -0.39 is 12.2 Å². The van der Waals surface area contributed by atoms with Crippen molar-refractivity contribution in [3.05, 3.63) is 102 Å². The zero-order valence-corrected chi connectivity index (χ0v) is 24.3. The van der Waals surface area contributed by atoms with Crippen molar-refractivity contribution in [2.24, 2.45) is 0 Å². The number of carbonyl (C=O) groups is 2. The number of hydrogen-bond donors (Lipinski definition) is 3. The number of rotatable bonds is 12. The first-order valence-corrected chi connectivity index (χ1v) is 14.3. The number of para-hydroxylation sites is 1. The van der Waals surface area contributed by atoms with E-state index in [-0.39, 0.29) is 30.4 Å². The van der Waals surface area contributed by atoms with Crippen LogP contribution in [0, 0.1) is 6.92 Å². The third-order valence-electron chi connectivity index (χ3n) is 7.25. The Bertz CT molecular complexity index is 1460. The molecule has 3 N–H and O–H groups in total. The monoisotopic (exact) mass is 552 g/mol. The molecule has 2 atom stereocenters. The summed E-state index contributed by atoms with van der Waals surface area (Å²) in [4.78, 5) is 25.6. The molecule has 2 unspecified atom stereocenters. The van der Waals surface area contributed by atoms with Crippen LogP contribution >= 0.6 is 0 Å². The van der Waals surface area contributed by atoms with Gasteiger partial charge in [0.1, 0.15) is 5.78 Å². The molecular weight excluding hydrogens is 512 g/mol. The fourth-order valence-electron chi connectivity index (χ4n) is 5.44. The highest BCUT2D eigenvalue weighted by Crippen LogP contribution is 2.42. The Morgan fingerprint density at radius 3 is 2.02 bits per heavy atom. The molecular formula is C35H40N2O4. The summed E-state index contributed by atoms with van der Waals surface area (Å²) < 4.78 is 2.16. The molecule has 0 radical (unpaired) electrons. The molecule has 0 saturated heterocycles. The van der Waals surface area contributed by atoms with Crippen molar-refractivity contribution in [3.8, 4) is 22.4 Å². The maximum atomic E-state index is 14.1. The molecule has 0 bridgehead atoms. The number of nitrogens with one attached hydrogen (secondary N) is 1. The molecule has 0 aliphatic carbocycles. The number of aromatic nitrogens is 1. The van der Waals surface area contributed by atoms with Crippen LogP contribution in [0.1, 0.15) is 67.6 Å². The van der Waals surface area contributed by atoms with Crippen LogP contribution in [0.15, 0.2) is 84.9 Å². The van der Waals surface area contributed by atoms with Gasteiger partial charge in [-0.2, -0.15) is 0 Å². The number of hydrogen-bond acceptors (Lipinski definition) is 4. The number of aryl methyl sites for hydroxylation is 1. The standard InChI is InChI=1S/C35H40N2O4/c1-23(2)33-32(35(41)36-28-13-9-6-10-14-28)31(26-11-7-5-8-12-26)34(27-17-15-24(3)16-18-27)37(33)20-19-29(39)22-30(40)21-25(4)38/h5-18,23,29-30,39-40H,19-22H2,1-4H3,(H,36,41). The third kappa shape index (κ3) is 7.40. The van der Waals surface area contributed by atoms with Gasteiger partial charge in [-0.1, -0.05) is 92.2 Å². The molecule has 6 nitrogen and oxygen atoms in total. The van der Waals surface area contributed by atoms with Crippen molar-refractivity contribution in [2.75, 3.05) is 5.32 Å². The fourth-order valence-corrected chi connectivity index (χ4v) is 5.44. The van der Waals surface area contributed by atoms with Crippen molar-refractivity contribution >= 4 is 17.4 Å². The quantitative estimate of drug-likeness (QED) is 0.177. The molecule has 0 aliphatic heterocycles. The van der Waals surface area contributed by atoms with Crippen molar-refractivity contribution in [1.29, 1.82) is 0 Å². The summed E-state index contributed by atoms with van der Waals surface area (Å²) >= 11 is 0. The second-order valence-electron chi connectivity index (χ2n) is 11.1. The first kappa shape index (κ1) is 30.0. The van der Waals surface area contributed by atoms with E-state index in [1.54, 1.807) is 0 Å². The average Bonchev–Trinajstić information content (AvgIpc) is 3.28. The maximum absolute atomic E-state index is 14.1. The molecule has 214 valence electrons. The lowest BCUT2D eigenvalue weighted by molar-refractivity contribution is -0.119. The molecule has 6 heteroatoms. The number of anilines is 1. The van der Waals surface area contributed by atoms with Gasteiger partial charge in [-0.05, 0) is 55.9 Å². The van der Waals surface area contributed by atoms with Crippen molar-refractivity contribution < 1.29 is 19.8 Å². The van der Waals surface area contributed by atoms with E-state index in [0.717, 1.165) is 33.6 Å². The Balaban J connectivity index is 1.89. The molecule has 4 aromatic rings. The van der Waals surface area contributed by atoms with E-state index in [1.807, 2.05) is 67.6 Å².